The Morgan fingerprint density at radius 2 is 2.19 bits per heavy atom. The van der Waals surface area contributed by atoms with E-state index < -0.39 is 5.97 Å². The predicted octanol–water partition coefficient (Wildman–Crippen LogP) is 2.52. The minimum atomic E-state index is -1.03. The van der Waals surface area contributed by atoms with Gasteiger partial charge in [0.2, 0.25) is 0 Å². The Morgan fingerprint density at radius 1 is 1.44 bits per heavy atom. The molecule has 0 aliphatic heterocycles. The number of nitrogens with zero attached hydrogens (tertiary/aromatic N) is 1. The van der Waals surface area contributed by atoms with Gasteiger partial charge in [0.1, 0.15) is 5.75 Å². The number of ether oxygens (including phenoxy) is 1. The minimum Gasteiger partial charge on any atom is -0.496 e. The number of carboxylic acids is 1. The van der Waals surface area contributed by atoms with Gasteiger partial charge >= 0.3 is 5.97 Å². The van der Waals surface area contributed by atoms with E-state index in [1.54, 1.807) is 13.2 Å². The molecule has 0 fully saturated rings. The number of aromatic nitrogens is 1. The van der Waals surface area contributed by atoms with Gasteiger partial charge in [-0.1, -0.05) is 12.1 Å². The van der Waals surface area contributed by atoms with E-state index in [0.29, 0.717) is 10.6 Å². The van der Waals surface area contributed by atoms with Crippen LogP contribution >= 0.6 is 11.3 Å². The highest BCUT2D eigenvalue weighted by molar-refractivity contribution is 7.13. The first-order valence-corrected chi connectivity index (χ1v) is 5.42. The lowest BCUT2D eigenvalue weighted by molar-refractivity contribution is 0.0692. The van der Waals surface area contributed by atoms with Gasteiger partial charge in [-0.3, -0.25) is 0 Å². The first-order chi connectivity index (χ1) is 7.74. The average molecular weight is 235 g/mol. The third-order valence-corrected chi connectivity index (χ3v) is 2.98. The number of benzene rings is 1. The van der Waals surface area contributed by atoms with E-state index in [9.17, 15) is 4.79 Å². The highest BCUT2D eigenvalue weighted by Crippen LogP contribution is 2.34. The van der Waals surface area contributed by atoms with Crippen LogP contribution in [0.5, 0.6) is 5.75 Å². The average Bonchev–Trinajstić information content (AvgIpc) is 2.77. The van der Waals surface area contributed by atoms with Crippen molar-refractivity contribution in [3.8, 4) is 16.2 Å². The zero-order valence-electron chi connectivity index (χ0n) is 8.51. The molecule has 2 aromatic rings. The highest BCUT2D eigenvalue weighted by Gasteiger charge is 2.17. The summed E-state index contributed by atoms with van der Waals surface area (Å²) in [4.78, 5) is 15.4. The molecule has 0 unspecified atom stereocenters. The van der Waals surface area contributed by atoms with E-state index in [4.69, 9.17) is 9.84 Å². The lowest BCUT2D eigenvalue weighted by atomic mass is 10.1. The van der Waals surface area contributed by atoms with E-state index in [2.05, 4.69) is 4.98 Å². The number of methoxy groups -OCH3 is 1. The van der Waals surface area contributed by atoms with Gasteiger partial charge < -0.3 is 9.84 Å². The minimum absolute atomic E-state index is 0.0644. The summed E-state index contributed by atoms with van der Waals surface area (Å²) in [5.41, 5.74) is 2.34. The molecule has 0 spiro atoms. The Labute approximate surface area is 96.1 Å². The maximum absolute atomic E-state index is 11.0. The Kier molecular flexibility index (Phi) is 2.87. The maximum Gasteiger partial charge on any atom is 0.356 e. The lowest BCUT2D eigenvalue weighted by Gasteiger charge is -2.06. The first kappa shape index (κ1) is 10.6. The van der Waals surface area contributed by atoms with Crippen LogP contribution in [0.3, 0.4) is 0 Å². The van der Waals surface area contributed by atoms with Gasteiger partial charge in [-0.2, -0.15) is 0 Å². The molecular formula is C11H9NO3S. The first-order valence-electron chi connectivity index (χ1n) is 4.54. The van der Waals surface area contributed by atoms with Crippen molar-refractivity contribution < 1.29 is 14.6 Å². The molecule has 1 aromatic carbocycles. The SMILES string of the molecule is COc1ccccc1-c1scnc1C(=O)O. The standard InChI is InChI=1S/C11H9NO3S/c1-15-8-5-3-2-4-7(8)10-9(11(13)14)12-6-16-10/h2-6H,1H3,(H,13,14). The monoisotopic (exact) mass is 235 g/mol. The zero-order chi connectivity index (χ0) is 11.5. The van der Waals surface area contributed by atoms with Crippen molar-refractivity contribution in [1.29, 1.82) is 0 Å². The predicted molar refractivity (Wildman–Crippen MR) is 61.1 cm³/mol. The van der Waals surface area contributed by atoms with Crippen LogP contribution in [-0.2, 0) is 0 Å². The number of carboxylic acid groups (broad SMARTS) is 1. The summed E-state index contributed by atoms with van der Waals surface area (Å²) in [6, 6.07) is 7.28. The van der Waals surface area contributed by atoms with Crippen LogP contribution in [0.15, 0.2) is 29.8 Å². The largest absolute Gasteiger partial charge is 0.496 e. The number of thiazole rings is 1. The Hall–Kier alpha value is -1.88. The van der Waals surface area contributed by atoms with E-state index >= 15 is 0 Å². The van der Waals surface area contributed by atoms with Crippen molar-refractivity contribution in [1.82, 2.24) is 4.98 Å². The van der Waals surface area contributed by atoms with E-state index in [1.807, 2.05) is 18.2 Å². The van der Waals surface area contributed by atoms with Gasteiger partial charge in [-0.15, -0.1) is 11.3 Å². The summed E-state index contributed by atoms with van der Waals surface area (Å²) in [7, 11) is 1.56. The summed E-state index contributed by atoms with van der Waals surface area (Å²) in [6.45, 7) is 0. The Bertz CT molecular complexity index is 521. The van der Waals surface area contributed by atoms with E-state index in [1.165, 1.54) is 16.8 Å². The zero-order valence-corrected chi connectivity index (χ0v) is 9.32. The van der Waals surface area contributed by atoms with Crippen molar-refractivity contribution in [2.45, 2.75) is 0 Å². The maximum atomic E-state index is 11.0. The molecule has 2 rings (SSSR count). The van der Waals surface area contributed by atoms with Crippen molar-refractivity contribution in [2.75, 3.05) is 7.11 Å². The van der Waals surface area contributed by atoms with E-state index in [0.717, 1.165) is 5.56 Å². The van der Waals surface area contributed by atoms with Crippen LogP contribution in [0.2, 0.25) is 0 Å². The highest BCUT2D eigenvalue weighted by atomic mass is 32.1. The molecule has 0 bridgehead atoms. The molecule has 0 aliphatic rings. The Morgan fingerprint density at radius 3 is 2.88 bits per heavy atom. The molecule has 1 N–H and O–H groups in total. The van der Waals surface area contributed by atoms with Crippen LogP contribution < -0.4 is 4.74 Å². The topological polar surface area (TPSA) is 59.4 Å². The Balaban J connectivity index is 2.58. The van der Waals surface area contributed by atoms with Crippen molar-refractivity contribution in [2.24, 2.45) is 0 Å². The molecule has 1 aromatic heterocycles. The summed E-state index contributed by atoms with van der Waals surface area (Å²) < 4.78 is 5.19. The van der Waals surface area contributed by atoms with Crippen molar-refractivity contribution in [3.63, 3.8) is 0 Å². The molecule has 0 atom stereocenters. The molecule has 0 saturated carbocycles. The third kappa shape index (κ3) is 1.77. The van der Waals surface area contributed by atoms with Gasteiger partial charge in [-0.05, 0) is 12.1 Å². The molecule has 1 heterocycles. The van der Waals surface area contributed by atoms with Gasteiger partial charge in [0, 0.05) is 5.56 Å². The van der Waals surface area contributed by atoms with Crippen LogP contribution in [0.4, 0.5) is 0 Å². The number of para-hydroxylation sites is 1. The van der Waals surface area contributed by atoms with Crippen LogP contribution in [0, 0.1) is 0 Å². The fourth-order valence-electron chi connectivity index (χ4n) is 1.42. The lowest BCUT2D eigenvalue weighted by Crippen LogP contribution is -1.99. The van der Waals surface area contributed by atoms with Gasteiger partial charge in [-0.25, -0.2) is 9.78 Å². The number of carbonyl (C=O) groups is 1. The van der Waals surface area contributed by atoms with Crippen LogP contribution in [-0.4, -0.2) is 23.2 Å². The summed E-state index contributed by atoms with van der Waals surface area (Å²) in [5.74, 6) is -0.378. The molecular weight excluding hydrogens is 226 g/mol. The molecule has 0 radical (unpaired) electrons. The van der Waals surface area contributed by atoms with Crippen molar-refractivity contribution >= 4 is 17.3 Å². The quantitative estimate of drug-likeness (QED) is 0.888. The number of rotatable bonds is 3. The molecule has 0 amide bonds. The normalized spacial score (nSPS) is 10.1. The fourth-order valence-corrected chi connectivity index (χ4v) is 2.23. The number of aromatic carboxylic acids is 1. The molecule has 4 nitrogen and oxygen atoms in total. The van der Waals surface area contributed by atoms with Gasteiger partial charge in [0.25, 0.3) is 0 Å². The smallest absolute Gasteiger partial charge is 0.356 e. The second kappa shape index (κ2) is 4.32. The molecule has 16 heavy (non-hydrogen) atoms. The van der Waals surface area contributed by atoms with Gasteiger partial charge in [0.15, 0.2) is 5.69 Å². The number of hydrogen-bond donors (Lipinski definition) is 1. The van der Waals surface area contributed by atoms with Crippen LogP contribution in [0.25, 0.3) is 10.4 Å². The second-order valence-electron chi connectivity index (χ2n) is 3.04. The molecule has 0 saturated heterocycles. The van der Waals surface area contributed by atoms with Crippen LogP contribution in [0.1, 0.15) is 10.5 Å². The van der Waals surface area contributed by atoms with Gasteiger partial charge in [0.05, 0.1) is 17.5 Å². The third-order valence-electron chi connectivity index (χ3n) is 2.12. The van der Waals surface area contributed by atoms with Crippen molar-refractivity contribution in [3.05, 3.63) is 35.5 Å². The summed E-state index contributed by atoms with van der Waals surface area (Å²) in [5, 5.41) is 8.98. The summed E-state index contributed by atoms with van der Waals surface area (Å²) in [6.07, 6.45) is 0. The fraction of sp³-hybridized carbons (Fsp3) is 0.0909. The summed E-state index contributed by atoms with van der Waals surface area (Å²) >= 11 is 1.29. The van der Waals surface area contributed by atoms with E-state index in [-0.39, 0.29) is 5.69 Å². The molecule has 0 aliphatic carbocycles. The second-order valence-corrected chi connectivity index (χ2v) is 3.89. The molecule has 82 valence electrons. The molecule has 5 heteroatoms. The number of hydrogen-bond acceptors (Lipinski definition) is 4.